The van der Waals surface area contributed by atoms with E-state index in [1.807, 2.05) is 6.20 Å². The molecule has 25 heavy (non-hydrogen) atoms. The maximum absolute atomic E-state index is 4.84. The molecule has 3 heterocycles. The molecule has 0 aliphatic carbocycles. The lowest BCUT2D eigenvalue weighted by Gasteiger charge is -2.28. The third-order valence-corrected chi connectivity index (χ3v) is 5.29. The van der Waals surface area contributed by atoms with Gasteiger partial charge in [0.25, 0.3) is 0 Å². The van der Waals surface area contributed by atoms with Crippen molar-refractivity contribution in [1.82, 2.24) is 14.9 Å². The van der Waals surface area contributed by atoms with E-state index in [-0.39, 0.29) is 0 Å². The van der Waals surface area contributed by atoms with Gasteiger partial charge in [0.05, 0.1) is 11.4 Å². The first kappa shape index (κ1) is 16.4. The summed E-state index contributed by atoms with van der Waals surface area (Å²) in [5.41, 5.74) is 7.73. The van der Waals surface area contributed by atoms with E-state index in [0.29, 0.717) is 0 Å². The van der Waals surface area contributed by atoms with E-state index in [0.717, 1.165) is 50.6 Å². The zero-order chi connectivity index (χ0) is 17.2. The van der Waals surface area contributed by atoms with Crippen LogP contribution in [0.15, 0.2) is 29.4 Å². The summed E-state index contributed by atoms with van der Waals surface area (Å²) in [5, 5.41) is 0. The molecule has 4 nitrogen and oxygen atoms in total. The zero-order valence-corrected chi connectivity index (χ0v) is 15.3. The Labute approximate surface area is 150 Å². The average molecular weight is 334 g/mol. The molecule has 0 fully saturated rings. The van der Waals surface area contributed by atoms with Crippen LogP contribution in [-0.4, -0.2) is 33.7 Å². The van der Waals surface area contributed by atoms with Crippen molar-refractivity contribution in [2.24, 2.45) is 4.99 Å². The number of nitrogens with zero attached hydrogens (tertiary/aromatic N) is 4. The highest BCUT2D eigenvalue weighted by Crippen LogP contribution is 2.21. The van der Waals surface area contributed by atoms with Gasteiger partial charge >= 0.3 is 0 Å². The molecule has 0 N–H and O–H groups in total. The Morgan fingerprint density at radius 2 is 2.04 bits per heavy atom. The van der Waals surface area contributed by atoms with Crippen LogP contribution >= 0.6 is 0 Å². The Morgan fingerprint density at radius 3 is 2.84 bits per heavy atom. The molecule has 2 aromatic rings. The van der Waals surface area contributed by atoms with Gasteiger partial charge in [-0.25, -0.2) is 9.97 Å². The minimum absolute atomic E-state index is 0.862. The largest absolute Gasteiger partial charge is 0.294 e. The fraction of sp³-hybridized carbons (Fsp3) is 0.476. The van der Waals surface area contributed by atoms with Crippen LogP contribution in [0.5, 0.6) is 0 Å². The van der Waals surface area contributed by atoms with Gasteiger partial charge < -0.3 is 0 Å². The summed E-state index contributed by atoms with van der Waals surface area (Å²) in [6, 6.07) is 6.75. The van der Waals surface area contributed by atoms with Gasteiger partial charge in [-0.3, -0.25) is 9.89 Å². The number of hydrogen-bond acceptors (Lipinski definition) is 4. The summed E-state index contributed by atoms with van der Waals surface area (Å²) >= 11 is 0. The van der Waals surface area contributed by atoms with Gasteiger partial charge in [0.1, 0.15) is 0 Å². The number of fused-ring (bicyclic) bond motifs is 1. The van der Waals surface area contributed by atoms with Gasteiger partial charge in [0.15, 0.2) is 5.82 Å². The Hall–Kier alpha value is -2.07. The van der Waals surface area contributed by atoms with Gasteiger partial charge in [-0.15, -0.1) is 0 Å². The molecule has 1 aromatic carbocycles. The summed E-state index contributed by atoms with van der Waals surface area (Å²) in [6.45, 7) is 8.29. The number of aryl methyl sites for hydroxylation is 2. The SMILES string of the molecule is Cc1ccc(CN2CCc3nc(C4=NCCCC4)ncc3C2)c(C)c1. The van der Waals surface area contributed by atoms with Crippen LogP contribution in [-0.2, 0) is 19.5 Å². The molecular formula is C21H26N4. The van der Waals surface area contributed by atoms with Crippen molar-refractivity contribution in [3.63, 3.8) is 0 Å². The normalized spacial score (nSPS) is 17.9. The standard InChI is InChI=1S/C21H26N4/c1-15-6-7-17(16(2)11-15)13-25-10-8-19-18(14-25)12-23-21(24-19)20-5-3-4-9-22-20/h6-7,11-12H,3-5,8-10,13-14H2,1-2H3. The molecule has 0 saturated heterocycles. The minimum atomic E-state index is 0.862. The van der Waals surface area contributed by atoms with Crippen molar-refractivity contribution in [3.8, 4) is 0 Å². The van der Waals surface area contributed by atoms with E-state index in [1.54, 1.807) is 0 Å². The number of hydrogen-bond donors (Lipinski definition) is 0. The van der Waals surface area contributed by atoms with E-state index in [1.165, 1.54) is 40.8 Å². The number of rotatable bonds is 3. The highest BCUT2D eigenvalue weighted by molar-refractivity contribution is 5.97. The highest BCUT2D eigenvalue weighted by atomic mass is 15.1. The molecule has 0 bridgehead atoms. The predicted octanol–water partition coefficient (Wildman–Crippen LogP) is 3.62. The van der Waals surface area contributed by atoms with Crippen molar-refractivity contribution in [2.75, 3.05) is 13.1 Å². The molecule has 4 heteroatoms. The number of aliphatic imine (C=N–C) groups is 1. The van der Waals surface area contributed by atoms with Crippen molar-refractivity contribution < 1.29 is 0 Å². The highest BCUT2D eigenvalue weighted by Gasteiger charge is 2.20. The first-order valence-electron chi connectivity index (χ1n) is 9.36. The third kappa shape index (κ3) is 3.64. The Balaban J connectivity index is 1.49. The molecular weight excluding hydrogens is 308 g/mol. The van der Waals surface area contributed by atoms with Crippen LogP contribution in [0, 0.1) is 13.8 Å². The second-order valence-corrected chi connectivity index (χ2v) is 7.34. The lowest BCUT2D eigenvalue weighted by molar-refractivity contribution is 0.242. The molecule has 1 aromatic heterocycles. The first-order chi connectivity index (χ1) is 12.2. The molecule has 130 valence electrons. The van der Waals surface area contributed by atoms with Crippen molar-refractivity contribution in [1.29, 1.82) is 0 Å². The molecule has 0 spiro atoms. The van der Waals surface area contributed by atoms with Crippen LogP contribution < -0.4 is 0 Å². The van der Waals surface area contributed by atoms with E-state index < -0.39 is 0 Å². The summed E-state index contributed by atoms with van der Waals surface area (Å²) < 4.78 is 0. The second kappa shape index (κ2) is 7.04. The van der Waals surface area contributed by atoms with Crippen LogP contribution in [0.1, 0.15) is 53.0 Å². The Kier molecular flexibility index (Phi) is 4.62. The quantitative estimate of drug-likeness (QED) is 0.861. The van der Waals surface area contributed by atoms with Gasteiger partial charge in [0, 0.05) is 44.4 Å². The molecule has 2 aliphatic rings. The number of aromatic nitrogens is 2. The van der Waals surface area contributed by atoms with Gasteiger partial charge in [-0.1, -0.05) is 23.8 Å². The smallest absolute Gasteiger partial charge is 0.173 e. The number of benzene rings is 1. The van der Waals surface area contributed by atoms with Gasteiger partial charge in [-0.05, 0) is 44.2 Å². The summed E-state index contributed by atoms with van der Waals surface area (Å²) in [4.78, 5) is 16.6. The lowest BCUT2D eigenvalue weighted by Crippen LogP contribution is -2.31. The molecule has 4 rings (SSSR count). The molecule has 0 amide bonds. The van der Waals surface area contributed by atoms with Gasteiger partial charge in [-0.2, -0.15) is 0 Å². The third-order valence-electron chi connectivity index (χ3n) is 5.29. The van der Waals surface area contributed by atoms with E-state index in [2.05, 4.69) is 46.9 Å². The summed E-state index contributed by atoms with van der Waals surface area (Å²) in [6.07, 6.45) is 6.47. The minimum Gasteiger partial charge on any atom is -0.294 e. The molecule has 0 saturated carbocycles. The van der Waals surface area contributed by atoms with E-state index in [4.69, 9.17) is 4.98 Å². The van der Waals surface area contributed by atoms with Gasteiger partial charge in [0.2, 0.25) is 0 Å². The molecule has 2 aliphatic heterocycles. The van der Waals surface area contributed by atoms with Crippen molar-refractivity contribution in [2.45, 2.75) is 52.6 Å². The maximum Gasteiger partial charge on any atom is 0.173 e. The fourth-order valence-electron chi connectivity index (χ4n) is 3.79. The van der Waals surface area contributed by atoms with Crippen molar-refractivity contribution >= 4 is 5.71 Å². The zero-order valence-electron chi connectivity index (χ0n) is 15.3. The van der Waals surface area contributed by atoms with Crippen LogP contribution in [0.2, 0.25) is 0 Å². The second-order valence-electron chi connectivity index (χ2n) is 7.34. The molecule has 0 unspecified atom stereocenters. The molecule has 0 radical (unpaired) electrons. The van der Waals surface area contributed by atoms with Crippen molar-refractivity contribution in [3.05, 3.63) is 58.2 Å². The average Bonchev–Trinajstić information content (AvgIpc) is 2.64. The topological polar surface area (TPSA) is 41.4 Å². The first-order valence-corrected chi connectivity index (χ1v) is 9.36. The van der Waals surface area contributed by atoms with Crippen LogP contribution in [0.25, 0.3) is 0 Å². The van der Waals surface area contributed by atoms with Crippen LogP contribution in [0.4, 0.5) is 0 Å². The lowest BCUT2D eigenvalue weighted by atomic mass is 10.0. The Morgan fingerprint density at radius 1 is 1.12 bits per heavy atom. The molecule has 0 atom stereocenters. The van der Waals surface area contributed by atoms with Crippen LogP contribution in [0.3, 0.4) is 0 Å². The monoisotopic (exact) mass is 334 g/mol. The fourth-order valence-corrected chi connectivity index (χ4v) is 3.79. The Bertz CT molecular complexity index is 810. The predicted molar refractivity (Wildman–Crippen MR) is 101 cm³/mol. The van der Waals surface area contributed by atoms with E-state index >= 15 is 0 Å². The summed E-state index contributed by atoms with van der Waals surface area (Å²) in [5.74, 6) is 0.862. The summed E-state index contributed by atoms with van der Waals surface area (Å²) in [7, 11) is 0. The maximum atomic E-state index is 4.84. The van der Waals surface area contributed by atoms with E-state index in [9.17, 15) is 0 Å².